The lowest BCUT2D eigenvalue weighted by Crippen LogP contribution is -2.43. The van der Waals surface area contributed by atoms with E-state index in [0.29, 0.717) is 12.5 Å². The van der Waals surface area contributed by atoms with E-state index in [1.54, 1.807) is 7.11 Å². The number of carbonyl (C=O) groups is 1. The highest BCUT2D eigenvalue weighted by Gasteiger charge is 2.25. The molecule has 0 atom stereocenters. The van der Waals surface area contributed by atoms with Crippen LogP contribution >= 0.6 is 11.7 Å². The van der Waals surface area contributed by atoms with Gasteiger partial charge in [-0.15, -0.1) is 0 Å². The number of likely N-dealkylation sites (tertiary alicyclic amines) is 1. The van der Waals surface area contributed by atoms with Crippen molar-refractivity contribution >= 4 is 28.8 Å². The third-order valence-electron chi connectivity index (χ3n) is 5.12. The minimum absolute atomic E-state index is 0.00928. The van der Waals surface area contributed by atoms with E-state index in [4.69, 9.17) is 4.74 Å². The zero-order chi connectivity index (χ0) is 18.6. The number of methoxy groups -OCH3 is 1. The number of ether oxygens (including phenoxy) is 1. The van der Waals surface area contributed by atoms with Gasteiger partial charge < -0.3 is 15.0 Å². The third kappa shape index (κ3) is 3.88. The summed E-state index contributed by atoms with van der Waals surface area (Å²) in [5.41, 5.74) is 4.05. The largest absolute Gasteiger partial charge is 0.496 e. The third-order valence-corrected chi connectivity index (χ3v) is 5.68. The van der Waals surface area contributed by atoms with Gasteiger partial charge in [0.1, 0.15) is 16.8 Å². The first-order valence-corrected chi connectivity index (χ1v) is 9.84. The lowest BCUT2D eigenvalue weighted by Gasteiger charge is -2.32. The standard InChI is InChI=1S/C20H22N4O2S/c1-26-19-5-3-2-4-16(19)15-8-10-24(11-9-15)20(25)21-13-14-6-7-17-18(12-14)23-27-22-17/h2-7,12,15H,8-11,13H2,1H3,(H,21,25). The highest BCUT2D eigenvalue weighted by atomic mass is 32.1. The molecule has 6 nitrogen and oxygen atoms in total. The van der Waals surface area contributed by atoms with Crippen LogP contribution in [0.1, 0.15) is 29.9 Å². The van der Waals surface area contributed by atoms with Crippen molar-refractivity contribution in [3.8, 4) is 5.75 Å². The van der Waals surface area contributed by atoms with Crippen molar-refractivity contribution in [1.29, 1.82) is 0 Å². The first kappa shape index (κ1) is 17.7. The summed E-state index contributed by atoms with van der Waals surface area (Å²) in [7, 11) is 1.71. The SMILES string of the molecule is COc1ccccc1C1CCN(C(=O)NCc2ccc3nsnc3c2)CC1. The Labute approximate surface area is 162 Å². The second kappa shape index (κ2) is 7.92. The number of nitrogens with zero attached hydrogens (tertiary/aromatic N) is 3. The van der Waals surface area contributed by atoms with Crippen molar-refractivity contribution < 1.29 is 9.53 Å². The molecule has 2 aromatic carbocycles. The van der Waals surface area contributed by atoms with E-state index in [0.717, 1.165) is 48.3 Å². The van der Waals surface area contributed by atoms with Crippen molar-refractivity contribution in [3.05, 3.63) is 53.6 Å². The number of benzene rings is 2. The summed E-state index contributed by atoms with van der Waals surface area (Å²) >= 11 is 1.21. The average molecular weight is 382 g/mol. The highest BCUT2D eigenvalue weighted by molar-refractivity contribution is 7.00. The number of amides is 2. The molecular weight excluding hydrogens is 360 g/mol. The van der Waals surface area contributed by atoms with Gasteiger partial charge in [0, 0.05) is 19.6 Å². The minimum Gasteiger partial charge on any atom is -0.496 e. The molecule has 1 aliphatic heterocycles. The molecule has 0 bridgehead atoms. The van der Waals surface area contributed by atoms with Gasteiger partial charge in [0.2, 0.25) is 0 Å². The molecule has 1 aliphatic rings. The maximum atomic E-state index is 12.5. The monoisotopic (exact) mass is 382 g/mol. The smallest absolute Gasteiger partial charge is 0.317 e. The van der Waals surface area contributed by atoms with Crippen LogP contribution in [-0.4, -0.2) is 39.9 Å². The quantitative estimate of drug-likeness (QED) is 0.745. The summed E-state index contributed by atoms with van der Waals surface area (Å²) in [4.78, 5) is 14.4. The molecule has 1 saturated heterocycles. The summed E-state index contributed by atoms with van der Waals surface area (Å²) < 4.78 is 13.9. The Morgan fingerprint density at radius 2 is 1.96 bits per heavy atom. The molecule has 0 spiro atoms. The van der Waals surface area contributed by atoms with Crippen LogP contribution in [-0.2, 0) is 6.54 Å². The van der Waals surface area contributed by atoms with Gasteiger partial charge in [0.25, 0.3) is 0 Å². The predicted octanol–water partition coefficient (Wildman–Crippen LogP) is 3.79. The maximum absolute atomic E-state index is 12.5. The molecule has 1 N–H and O–H groups in total. The zero-order valence-corrected chi connectivity index (χ0v) is 16.0. The van der Waals surface area contributed by atoms with Crippen molar-refractivity contribution in [2.45, 2.75) is 25.3 Å². The Hall–Kier alpha value is -2.67. The van der Waals surface area contributed by atoms with Crippen molar-refractivity contribution in [3.63, 3.8) is 0 Å². The Morgan fingerprint density at radius 1 is 1.19 bits per heavy atom. The van der Waals surface area contributed by atoms with Gasteiger partial charge in [-0.1, -0.05) is 24.3 Å². The highest BCUT2D eigenvalue weighted by Crippen LogP contribution is 2.33. The van der Waals surface area contributed by atoms with Crippen LogP contribution in [0.3, 0.4) is 0 Å². The Morgan fingerprint density at radius 3 is 2.78 bits per heavy atom. The number of urea groups is 1. The van der Waals surface area contributed by atoms with E-state index in [1.807, 2.05) is 41.3 Å². The summed E-state index contributed by atoms with van der Waals surface area (Å²) in [5, 5.41) is 3.02. The van der Waals surface area contributed by atoms with E-state index in [-0.39, 0.29) is 6.03 Å². The normalized spacial score (nSPS) is 15.1. The molecule has 0 saturated carbocycles. The van der Waals surface area contributed by atoms with E-state index < -0.39 is 0 Å². The van der Waals surface area contributed by atoms with Gasteiger partial charge in [0.05, 0.1) is 18.8 Å². The Bertz CT molecular complexity index is 934. The van der Waals surface area contributed by atoms with Crippen LogP contribution < -0.4 is 10.1 Å². The van der Waals surface area contributed by atoms with Crippen molar-refractivity contribution in [2.75, 3.05) is 20.2 Å². The summed E-state index contributed by atoms with van der Waals surface area (Å²) in [6.45, 7) is 2.01. The van der Waals surface area contributed by atoms with Gasteiger partial charge in [-0.05, 0) is 48.1 Å². The number of piperidine rings is 1. The van der Waals surface area contributed by atoms with Crippen LogP contribution in [0, 0.1) is 0 Å². The van der Waals surface area contributed by atoms with Crippen LogP contribution in [0.25, 0.3) is 11.0 Å². The molecule has 1 aromatic heterocycles. The second-order valence-electron chi connectivity index (χ2n) is 6.75. The number of hydrogen-bond donors (Lipinski definition) is 1. The second-order valence-corrected chi connectivity index (χ2v) is 7.28. The summed E-state index contributed by atoms with van der Waals surface area (Å²) in [6.07, 6.45) is 1.90. The van der Waals surface area contributed by atoms with Crippen LogP contribution in [0.4, 0.5) is 4.79 Å². The first-order chi connectivity index (χ1) is 13.2. The van der Waals surface area contributed by atoms with Gasteiger partial charge in [-0.3, -0.25) is 0 Å². The van der Waals surface area contributed by atoms with Crippen LogP contribution in [0.5, 0.6) is 5.75 Å². The van der Waals surface area contributed by atoms with E-state index in [9.17, 15) is 4.79 Å². The van der Waals surface area contributed by atoms with Crippen molar-refractivity contribution in [2.24, 2.45) is 0 Å². The first-order valence-electron chi connectivity index (χ1n) is 9.11. The van der Waals surface area contributed by atoms with E-state index in [2.05, 4.69) is 20.1 Å². The fourth-order valence-electron chi connectivity index (χ4n) is 3.62. The van der Waals surface area contributed by atoms with E-state index in [1.165, 1.54) is 17.3 Å². The molecule has 1 fully saturated rings. The lowest BCUT2D eigenvalue weighted by atomic mass is 9.89. The number of para-hydroxylation sites is 1. The lowest BCUT2D eigenvalue weighted by molar-refractivity contribution is 0.180. The van der Waals surface area contributed by atoms with Crippen molar-refractivity contribution in [1.82, 2.24) is 19.0 Å². The molecule has 0 unspecified atom stereocenters. The zero-order valence-electron chi connectivity index (χ0n) is 15.2. The molecular formula is C20H22N4O2S. The molecule has 4 rings (SSSR count). The Balaban J connectivity index is 1.31. The number of rotatable bonds is 4. The summed E-state index contributed by atoms with van der Waals surface area (Å²) in [6, 6.07) is 14.1. The van der Waals surface area contributed by atoms with E-state index >= 15 is 0 Å². The minimum atomic E-state index is -0.00928. The maximum Gasteiger partial charge on any atom is 0.317 e. The Kier molecular flexibility index (Phi) is 5.20. The van der Waals surface area contributed by atoms with Gasteiger partial charge in [-0.25, -0.2) is 4.79 Å². The fourth-order valence-corrected chi connectivity index (χ4v) is 4.14. The fraction of sp³-hybridized carbons (Fsp3) is 0.350. The number of carbonyl (C=O) groups excluding carboxylic acids is 1. The topological polar surface area (TPSA) is 67.3 Å². The van der Waals surface area contributed by atoms with Gasteiger partial charge >= 0.3 is 6.03 Å². The molecule has 27 heavy (non-hydrogen) atoms. The van der Waals surface area contributed by atoms with Crippen LogP contribution in [0.2, 0.25) is 0 Å². The molecule has 3 aromatic rings. The van der Waals surface area contributed by atoms with Gasteiger partial charge in [-0.2, -0.15) is 8.75 Å². The van der Waals surface area contributed by atoms with Crippen LogP contribution in [0.15, 0.2) is 42.5 Å². The molecule has 2 heterocycles. The molecule has 2 amide bonds. The number of hydrogen-bond acceptors (Lipinski definition) is 5. The number of fused-ring (bicyclic) bond motifs is 1. The number of nitrogens with one attached hydrogen (secondary N) is 1. The van der Waals surface area contributed by atoms with Gasteiger partial charge in [0.15, 0.2) is 0 Å². The molecule has 140 valence electrons. The molecule has 0 radical (unpaired) electrons. The summed E-state index contributed by atoms with van der Waals surface area (Å²) in [5.74, 6) is 1.37. The molecule has 7 heteroatoms. The average Bonchev–Trinajstić information content (AvgIpc) is 3.20. The predicted molar refractivity (Wildman–Crippen MR) is 106 cm³/mol. The molecule has 0 aliphatic carbocycles. The number of aromatic nitrogens is 2.